The average molecular weight is 461 g/mol. The molecule has 1 unspecified atom stereocenters. The van der Waals surface area contributed by atoms with Crippen LogP contribution < -0.4 is 9.80 Å². The second kappa shape index (κ2) is 17.7. The Hall–Kier alpha value is -2.74. The molecule has 186 valence electrons. The third-order valence-electron chi connectivity index (χ3n) is 5.82. The third-order valence-corrected chi connectivity index (χ3v) is 5.82. The lowest BCUT2D eigenvalue weighted by molar-refractivity contribution is 0.621. The zero-order chi connectivity index (χ0) is 25.2. The molecular weight excluding hydrogens is 412 g/mol. The van der Waals surface area contributed by atoms with Gasteiger partial charge in [0.2, 0.25) is 0 Å². The van der Waals surface area contributed by atoms with E-state index in [2.05, 4.69) is 117 Å². The minimum atomic E-state index is 0.380. The van der Waals surface area contributed by atoms with E-state index in [1.54, 1.807) is 0 Å². The van der Waals surface area contributed by atoms with Gasteiger partial charge in [0.25, 0.3) is 0 Å². The molecule has 0 spiro atoms. The summed E-state index contributed by atoms with van der Waals surface area (Å²) in [5.41, 5.74) is 4.82. The molecule has 0 N–H and O–H groups in total. The van der Waals surface area contributed by atoms with Crippen molar-refractivity contribution in [2.75, 3.05) is 16.3 Å². The Morgan fingerprint density at radius 2 is 1.65 bits per heavy atom. The van der Waals surface area contributed by atoms with Gasteiger partial charge in [-0.15, -0.1) is 0 Å². The Kier molecular flexibility index (Phi) is 15.2. The second-order valence-electron chi connectivity index (χ2n) is 8.13. The van der Waals surface area contributed by atoms with Crippen LogP contribution in [-0.4, -0.2) is 12.6 Å². The summed E-state index contributed by atoms with van der Waals surface area (Å²) < 4.78 is 0. The quantitative estimate of drug-likeness (QED) is 0.226. The molecule has 1 atom stereocenters. The first kappa shape index (κ1) is 29.3. The molecule has 1 aliphatic carbocycles. The van der Waals surface area contributed by atoms with Crippen molar-refractivity contribution in [3.05, 3.63) is 96.9 Å². The van der Waals surface area contributed by atoms with Crippen molar-refractivity contribution in [2.24, 2.45) is 0 Å². The van der Waals surface area contributed by atoms with Crippen LogP contribution in [0.5, 0.6) is 0 Å². The molecule has 2 nitrogen and oxygen atoms in total. The summed E-state index contributed by atoms with van der Waals surface area (Å²) in [6.45, 7) is 17.5. The Labute approximate surface area is 210 Å². The van der Waals surface area contributed by atoms with Crippen LogP contribution in [0.3, 0.4) is 0 Å². The minimum absolute atomic E-state index is 0.380. The molecule has 1 aliphatic rings. The van der Waals surface area contributed by atoms with Crippen LogP contribution in [-0.2, 0) is 0 Å². The molecular formula is C32H48N2. The van der Waals surface area contributed by atoms with Crippen LogP contribution in [0.1, 0.15) is 80.1 Å². The van der Waals surface area contributed by atoms with Crippen molar-refractivity contribution in [3.63, 3.8) is 0 Å². The molecule has 34 heavy (non-hydrogen) atoms. The van der Waals surface area contributed by atoms with Crippen molar-refractivity contribution in [2.45, 2.75) is 86.1 Å². The Bertz CT molecular complexity index is 836. The molecule has 0 aliphatic heterocycles. The average Bonchev–Trinajstić information content (AvgIpc) is 2.90. The first-order chi connectivity index (χ1) is 16.7. The molecule has 0 radical (unpaired) electrons. The van der Waals surface area contributed by atoms with Crippen molar-refractivity contribution >= 4 is 11.4 Å². The first-order valence-electron chi connectivity index (χ1n) is 13.3. The van der Waals surface area contributed by atoms with Gasteiger partial charge in [0.1, 0.15) is 0 Å². The highest BCUT2D eigenvalue weighted by molar-refractivity contribution is 5.64. The highest BCUT2D eigenvalue weighted by atomic mass is 15.2. The lowest BCUT2D eigenvalue weighted by atomic mass is 9.99. The molecule has 1 aromatic rings. The monoisotopic (exact) mass is 460 g/mol. The Morgan fingerprint density at radius 3 is 2.18 bits per heavy atom. The van der Waals surface area contributed by atoms with Crippen molar-refractivity contribution in [1.82, 2.24) is 0 Å². The fourth-order valence-corrected chi connectivity index (χ4v) is 4.10. The van der Waals surface area contributed by atoms with Crippen LogP contribution in [0.15, 0.2) is 96.9 Å². The van der Waals surface area contributed by atoms with Crippen LogP contribution in [0.2, 0.25) is 0 Å². The van der Waals surface area contributed by atoms with E-state index in [9.17, 15) is 0 Å². The minimum Gasteiger partial charge on any atom is -0.338 e. The summed E-state index contributed by atoms with van der Waals surface area (Å²) in [5.74, 6) is 0. The molecule has 2 rings (SSSR count). The summed E-state index contributed by atoms with van der Waals surface area (Å²) in [4.78, 5) is 4.81. The lowest BCUT2D eigenvalue weighted by Crippen LogP contribution is -2.33. The van der Waals surface area contributed by atoms with Crippen LogP contribution in [0, 0.1) is 0 Å². The van der Waals surface area contributed by atoms with Crippen LogP contribution in [0.25, 0.3) is 0 Å². The van der Waals surface area contributed by atoms with E-state index in [0.29, 0.717) is 6.04 Å². The molecule has 0 saturated carbocycles. The van der Waals surface area contributed by atoms with E-state index in [1.165, 1.54) is 42.8 Å². The molecule has 1 aromatic carbocycles. The zero-order valence-corrected chi connectivity index (χ0v) is 22.6. The van der Waals surface area contributed by atoms with Gasteiger partial charge in [0.15, 0.2) is 0 Å². The number of nitrogens with zero attached hydrogens (tertiary/aromatic N) is 2. The van der Waals surface area contributed by atoms with Gasteiger partial charge >= 0.3 is 0 Å². The molecule has 0 bridgehead atoms. The molecule has 0 aromatic heterocycles. The van der Waals surface area contributed by atoms with Gasteiger partial charge in [-0.1, -0.05) is 83.2 Å². The van der Waals surface area contributed by atoms with Crippen molar-refractivity contribution in [3.8, 4) is 0 Å². The normalized spacial score (nSPS) is 16.5. The topological polar surface area (TPSA) is 6.48 Å². The zero-order valence-electron chi connectivity index (χ0n) is 22.6. The standard InChI is InChI=1S/C30H42N2.C2H6/c1-6-11-13-17-25-31(27(10-5)18-12-7-2)28-21-23-30(24-22-28)32(26(8-3)9-4)29-19-15-14-16-20-29;1-2/h8-10,12-13,15,17-19,21-24,29H,3,6-7,11,14,16,20,25H2,1-2,4-5H3;1-2H3/b17-13-,18-12-,26-9+,27-10+;. The van der Waals surface area contributed by atoms with Gasteiger partial charge in [-0.25, -0.2) is 0 Å². The van der Waals surface area contributed by atoms with Gasteiger partial charge in [-0.3, -0.25) is 0 Å². The van der Waals surface area contributed by atoms with Gasteiger partial charge in [-0.2, -0.15) is 0 Å². The third kappa shape index (κ3) is 8.89. The fourth-order valence-electron chi connectivity index (χ4n) is 4.10. The van der Waals surface area contributed by atoms with Gasteiger partial charge < -0.3 is 9.80 Å². The van der Waals surface area contributed by atoms with Crippen LogP contribution >= 0.6 is 0 Å². The molecule has 0 saturated heterocycles. The smallest absolute Gasteiger partial charge is 0.0522 e. The number of benzene rings is 1. The fraction of sp³-hybridized carbons (Fsp3) is 0.438. The maximum absolute atomic E-state index is 4.07. The number of unbranched alkanes of at least 4 members (excludes halogenated alkanes) is 1. The predicted octanol–water partition coefficient (Wildman–Crippen LogP) is 9.75. The van der Waals surface area contributed by atoms with E-state index in [1.807, 2.05) is 19.9 Å². The number of hydrogen-bond donors (Lipinski definition) is 0. The summed E-state index contributed by atoms with van der Waals surface area (Å²) in [6, 6.07) is 9.39. The lowest BCUT2D eigenvalue weighted by Gasteiger charge is -2.35. The number of allylic oxidation sites excluding steroid dienone is 7. The largest absolute Gasteiger partial charge is 0.338 e. The van der Waals surface area contributed by atoms with Crippen molar-refractivity contribution < 1.29 is 0 Å². The van der Waals surface area contributed by atoms with Crippen LogP contribution in [0.4, 0.5) is 11.4 Å². The van der Waals surface area contributed by atoms with Gasteiger partial charge in [0, 0.05) is 29.3 Å². The molecule has 2 heteroatoms. The van der Waals surface area contributed by atoms with E-state index < -0.39 is 0 Å². The SMILES string of the molecule is C=C/C(=C\C)N(c1ccc(N(C/C=C\CCC)C(/C=C\CC)=C/C)cc1)C1C=CCCC1.CC. The summed E-state index contributed by atoms with van der Waals surface area (Å²) in [6.07, 6.45) is 26.9. The summed E-state index contributed by atoms with van der Waals surface area (Å²) in [7, 11) is 0. The number of rotatable bonds is 12. The van der Waals surface area contributed by atoms with E-state index in [-0.39, 0.29) is 0 Å². The second-order valence-corrected chi connectivity index (χ2v) is 8.13. The number of anilines is 2. The summed E-state index contributed by atoms with van der Waals surface area (Å²) >= 11 is 0. The van der Waals surface area contributed by atoms with E-state index in [0.717, 1.165) is 25.1 Å². The molecule has 0 amide bonds. The molecule has 0 fully saturated rings. The number of hydrogen-bond acceptors (Lipinski definition) is 2. The van der Waals surface area contributed by atoms with E-state index >= 15 is 0 Å². The maximum atomic E-state index is 4.07. The summed E-state index contributed by atoms with van der Waals surface area (Å²) in [5, 5.41) is 0. The first-order valence-corrected chi connectivity index (χ1v) is 13.3. The van der Waals surface area contributed by atoms with Crippen molar-refractivity contribution in [1.29, 1.82) is 0 Å². The van der Waals surface area contributed by atoms with Gasteiger partial charge in [-0.05, 0) is 82.4 Å². The Morgan fingerprint density at radius 1 is 0.971 bits per heavy atom. The predicted molar refractivity (Wildman–Crippen MR) is 156 cm³/mol. The molecule has 0 heterocycles. The highest BCUT2D eigenvalue weighted by Gasteiger charge is 2.20. The van der Waals surface area contributed by atoms with Gasteiger partial charge in [0.05, 0.1) is 6.04 Å². The highest BCUT2D eigenvalue weighted by Crippen LogP contribution is 2.31. The Balaban J connectivity index is 0.00000281. The van der Waals surface area contributed by atoms with E-state index in [4.69, 9.17) is 0 Å². The maximum Gasteiger partial charge on any atom is 0.0522 e.